The number of amides is 1. The third-order valence-electron chi connectivity index (χ3n) is 1.60. The Labute approximate surface area is 83.4 Å². The van der Waals surface area contributed by atoms with Gasteiger partial charge in [-0.3, -0.25) is 9.59 Å². The Morgan fingerprint density at radius 2 is 2.07 bits per heavy atom. The molecule has 0 aliphatic carbocycles. The highest BCUT2D eigenvalue weighted by atomic mass is 16.5. The van der Waals surface area contributed by atoms with Crippen LogP contribution in [0.1, 0.15) is 26.7 Å². The van der Waals surface area contributed by atoms with Crippen molar-refractivity contribution in [2.24, 2.45) is 0 Å². The van der Waals surface area contributed by atoms with Crippen LogP contribution in [0.3, 0.4) is 0 Å². The van der Waals surface area contributed by atoms with Crippen LogP contribution in [0.5, 0.6) is 0 Å². The van der Waals surface area contributed by atoms with Crippen molar-refractivity contribution in [2.45, 2.75) is 32.8 Å². The van der Waals surface area contributed by atoms with Gasteiger partial charge in [0.05, 0.1) is 12.5 Å². The lowest BCUT2D eigenvalue weighted by atomic mass is 10.3. The van der Waals surface area contributed by atoms with Crippen molar-refractivity contribution in [3.63, 3.8) is 0 Å². The molecule has 0 aromatic heterocycles. The van der Waals surface area contributed by atoms with Gasteiger partial charge in [0.25, 0.3) is 0 Å². The van der Waals surface area contributed by atoms with Gasteiger partial charge in [0.15, 0.2) is 0 Å². The van der Waals surface area contributed by atoms with E-state index in [9.17, 15) is 9.59 Å². The van der Waals surface area contributed by atoms with E-state index in [-0.39, 0.29) is 24.9 Å². The molecule has 5 heteroatoms. The molecular weight excluding hydrogens is 186 g/mol. The Kier molecular flexibility index (Phi) is 6.74. The monoisotopic (exact) mass is 203 g/mol. The molecule has 14 heavy (non-hydrogen) atoms. The number of nitrogens with one attached hydrogen (secondary N) is 1. The minimum Gasteiger partial charge on any atom is -0.481 e. The molecule has 82 valence electrons. The smallest absolute Gasteiger partial charge is 0.303 e. The van der Waals surface area contributed by atoms with Gasteiger partial charge in [-0.25, -0.2) is 0 Å². The lowest BCUT2D eigenvalue weighted by molar-refractivity contribution is -0.138. The largest absolute Gasteiger partial charge is 0.481 e. The van der Waals surface area contributed by atoms with Crippen molar-refractivity contribution in [1.29, 1.82) is 0 Å². The maximum Gasteiger partial charge on any atom is 0.303 e. The van der Waals surface area contributed by atoms with Gasteiger partial charge in [-0.1, -0.05) is 0 Å². The van der Waals surface area contributed by atoms with Gasteiger partial charge < -0.3 is 15.2 Å². The topological polar surface area (TPSA) is 75.6 Å². The minimum atomic E-state index is -0.960. The first kappa shape index (κ1) is 12.9. The first-order chi connectivity index (χ1) is 6.56. The zero-order valence-electron chi connectivity index (χ0n) is 8.58. The average molecular weight is 203 g/mol. The van der Waals surface area contributed by atoms with Crippen LogP contribution in [0.15, 0.2) is 0 Å². The molecular formula is C9H17NO4. The molecule has 1 atom stereocenters. The second-order valence-electron chi connectivity index (χ2n) is 2.96. The molecule has 1 unspecified atom stereocenters. The molecule has 0 heterocycles. The number of carboxylic acid groups (broad SMARTS) is 1. The highest BCUT2D eigenvalue weighted by Crippen LogP contribution is 1.91. The third-order valence-corrected chi connectivity index (χ3v) is 1.60. The third kappa shape index (κ3) is 7.54. The van der Waals surface area contributed by atoms with Crippen molar-refractivity contribution in [3.05, 3.63) is 0 Å². The van der Waals surface area contributed by atoms with E-state index in [0.29, 0.717) is 13.2 Å². The molecule has 0 bridgehead atoms. The summed E-state index contributed by atoms with van der Waals surface area (Å²) in [7, 11) is 0. The van der Waals surface area contributed by atoms with Gasteiger partial charge in [0.2, 0.25) is 5.91 Å². The molecule has 0 aromatic rings. The van der Waals surface area contributed by atoms with E-state index < -0.39 is 5.97 Å². The predicted molar refractivity (Wildman–Crippen MR) is 51.0 cm³/mol. The van der Waals surface area contributed by atoms with Gasteiger partial charge >= 0.3 is 5.97 Å². The first-order valence-corrected chi connectivity index (χ1v) is 4.66. The van der Waals surface area contributed by atoms with Crippen molar-refractivity contribution < 1.29 is 19.4 Å². The molecule has 0 spiro atoms. The van der Waals surface area contributed by atoms with Crippen LogP contribution in [-0.4, -0.2) is 36.2 Å². The number of carbonyl (C=O) groups excluding carboxylic acids is 1. The molecule has 0 saturated carbocycles. The second kappa shape index (κ2) is 7.32. The SMILES string of the molecule is CCOC(C)CNC(=O)CCC(=O)O. The molecule has 0 fully saturated rings. The fourth-order valence-electron chi connectivity index (χ4n) is 0.910. The van der Waals surface area contributed by atoms with Gasteiger partial charge in [0.1, 0.15) is 0 Å². The number of hydrogen-bond donors (Lipinski definition) is 2. The lowest BCUT2D eigenvalue weighted by Crippen LogP contribution is -2.32. The van der Waals surface area contributed by atoms with E-state index in [4.69, 9.17) is 9.84 Å². The molecule has 2 N–H and O–H groups in total. The van der Waals surface area contributed by atoms with Crippen LogP contribution in [-0.2, 0) is 14.3 Å². The van der Waals surface area contributed by atoms with E-state index >= 15 is 0 Å². The van der Waals surface area contributed by atoms with Gasteiger partial charge in [0, 0.05) is 19.6 Å². The number of rotatable bonds is 7. The molecule has 0 rings (SSSR count). The summed E-state index contributed by atoms with van der Waals surface area (Å²) in [5.41, 5.74) is 0. The van der Waals surface area contributed by atoms with E-state index in [2.05, 4.69) is 5.32 Å². The molecule has 0 saturated heterocycles. The van der Waals surface area contributed by atoms with Crippen LogP contribution in [0.25, 0.3) is 0 Å². The highest BCUT2D eigenvalue weighted by molar-refractivity contribution is 5.80. The summed E-state index contributed by atoms with van der Waals surface area (Å²) in [6.07, 6.45) is -0.142. The van der Waals surface area contributed by atoms with Gasteiger partial charge in [-0.05, 0) is 13.8 Å². The number of aliphatic carboxylic acids is 1. The second-order valence-corrected chi connectivity index (χ2v) is 2.96. The van der Waals surface area contributed by atoms with Crippen molar-refractivity contribution in [2.75, 3.05) is 13.2 Å². The van der Waals surface area contributed by atoms with E-state index in [1.54, 1.807) is 0 Å². The summed E-state index contributed by atoms with van der Waals surface area (Å²) in [5.74, 6) is -1.21. The minimum absolute atomic E-state index is 0.0220. The quantitative estimate of drug-likeness (QED) is 0.627. The molecule has 5 nitrogen and oxygen atoms in total. The van der Waals surface area contributed by atoms with Crippen LogP contribution >= 0.6 is 0 Å². The zero-order chi connectivity index (χ0) is 11.0. The van der Waals surface area contributed by atoms with Crippen molar-refractivity contribution >= 4 is 11.9 Å². The Hall–Kier alpha value is -1.10. The van der Waals surface area contributed by atoms with Crippen LogP contribution in [0, 0.1) is 0 Å². The zero-order valence-corrected chi connectivity index (χ0v) is 8.58. The fraction of sp³-hybridized carbons (Fsp3) is 0.778. The number of carboxylic acids is 1. The summed E-state index contributed by atoms with van der Waals surface area (Å²) in [5, 5.41) is 10.9. The molecule has 0 aliphatic heterocycles. The summed E-state index contributed by atoms with van der Waals surface area (Å²) < 4.78 is 5.19. The Morgan fingerprint density at radius 3 is 2.57 bits per heavy atom. The number of carbonyl (C=O) groups is 2. The molecule has 1 amide bonds. The predicted octanol–water partition coefficient (Wildman–Crippen LogP) is 0.392. The first-order valence-electron chi connectivity index (χ1n) is 4.66. The van der Waals surface area contributed by atoms with Gasteiger partial charge in [-0.2, -0.15) is 0 Å². The summed E-state index contributed by atoms with van der Waals surface area (Å²) in [6.45, 7) is 4.75. The molecule has 0 aliphatic rings. The van der Waals surface area contributed by atoms with Crippen LogP contribution < -0.4 is 5.32 Å². The van der Waals surface area contributed by atoms with E-state index in [1.807, 2.05) is 13.8 Å². The van der Waals surface area contributed by atoms with E-state index in [1.165, 1.54) is 0 Å². The van der Waals surface area contributed by atoms with E-state index in [0.717, 1.165) is 0 Å². The lowest BCUT2D eigenvalue weighted by Gasteiger charge is -2.11. The average Bonchev–Trinajstić information content (AvgIpc) is 2.12. The Balaban J connectivity index is 3.48. The Morgan fingerprint density at radius 1 is 1.43 bits per heavy atom. The van der Waals surface area contributed by atoms with Crippen LogP contribution in [0.4, 0.5) is 0 Å². The highest BCUT2D eigenvalue weighted by Gasteiger charge is 2.06. The van der Waals surface area contributed by atoms with Crippen molar-refractivity contribution in [3.8, 4) is 0 Å². The number of ether oxygens (including phenoxy) is 1. The summed E-state index contributed by atoms with van der Waals surface area (Å²) in [6, 6.07) is 0. The Bertz CT molecular complexity index is 193. The fourth-order valence-corrected chi connectivity index (χ4v) is 0.910. The summed E-state index contributed by atoms with van der Waals surface area (Å²) in [4.78, 5) is 21.2. The molecule has 0 aromatic carbocycles. The van der Waals surface area contributed by atoms with Crippen LogP contribution in [0.2, 0.25) is 0 Å². The number of hydrogen-bond acceptors (Lipinski definition) is 3. The standard InChI is InChI=1S/C9H17NO4/c1-3-14-7(2)6-10-8(11)4-5-9(12)13/h7H,3-6H2,1-2H3,(H,10,11)(H,12,13). The normalized spacial score (nSPS) is 12.1. The van der Waals surface area contributed by atoms with Crippen molar-refractivity contribution in [1.82, 2.24) is 5.32 Å². The maximum absolute atomic E-state index is 11.0. The maximum atomic E-state index is 11.0. The molecule has 0 radical (unpaired) electrons. The van der Waals surface area contributed by atoms with Gasteiger partial charge in [-0.15, -0.1) is 0 Å². The summed E-state index contributed by atoms with van der Waals surface area (Å²) >= 11 is 0.